The third kappa shape index (κ3) is 3.15. The van der Waals surface area contributed by atoms with Crippen molar-refractivity contribution in [3.05, 3.63) is 30.1 Å². The molecule has 1 aromatic heterocycles. The molecule has 2 aromatic rings. The molecule has 28 heavy (non-hydrogen) atoms. The molecule has 0 spiro atoms. The van der Waals surface area contributed by atoms with E-state index < -0.39 is 6.04 Å². The standard InChI is InChI=1S/C17H20N6O4S/c1-17(2)13(14-19-21-22-20-14)23-15(25)12(16(23)28-17)18-11(24)8-27-10-6-4-9(26-3)5-7-10/h4-7,12-13,16H,8H2,1-3H3,(H,18,24)(H,19,20,21,22)/t12?,13?,16-/m1/s1. The van der Waals surface area contributed by atoms with E-state index in [4.69, 9.17) is 9.47 Å². The van der Waals surface area contributed by atoms with Crippen molar-refractivity contribution in [1.82, 2.24) is 30.8 Å². The number of hydrogen-bond acceptors (Lipinski definition) is 8. The van der Waals surface area contributed by atoms with Crippen molar-refractivity contribution in [2.45, 2.75) is 36.1 Å². The number of thioether (sulfide) groups is 1. The molecule has 2 fully saturated rings. The Balaban J connectivity index is 1.36. The molecule has 1 aromatic carbocycles. The molecule has 10 nitrogen and oxygen atoms in total. The molecule has 4 rings (SSSR count). The van der Waals surface area contributed by atoms with Gasteiger partial charge in [-0.25, -0.2) is 0 Å². The van der Waals surface area contributed by atoms with Gasteiger partial charge in [0.1, 0.15) is 29.0 Å². The number of β-lactam (4-membered cyclic amide) rings is 1. The number of hydrogen-bond donors (Lipinski definition) is 2. The smallest absolute Gasteiger partial charge is 0.258 e. The lowest BCUT2D eigenvalue weighted by molar-refractivity contribution is -0.152. The predicted octanol–water partition coefficient (Wildman–Crippen LogP) is 0.507. The van der Waals surface area contributed by atoms with Crippen LogP contribution in [0.2, 0.25) is 0 Å². The van der Waals surface area contributed by atoms with Crippen LogP contribution < -0.4 is 14.8 Å². The number of benzene rings is 1. The fraction of sp³-hybridized carbons (Fsp3) is 0.471. The molecule has 0 radical (unpaired) electrons. The first-order valence-electron chi connectivity index (χ1n) is 8.70. The highest BCUT2D eigenvalue weighted by atomic mass is 32.2. The summed E-state index contributed by atoms with van der Waals surface area (Å²) in [6.07, 6.45) is 0. The first kappa shape index (κ1) is 18.5. The van der Waals surface area contributed by atoms with Crippen molar-refractivity contribution in [3.8, 4) is 11.5 Å². The Kier molecular flexibility index (Phi) is 4.61. The Morgan fingerprint density at radius 1 is 1.32 bits per heavy atom. The van der Waals surface area contributed by atoms with Gasteiger partial charge in [-0.2, -0.15) is 5.21 Å². The number of nitrogens with zero attached hydrogens (tertiary/aromatic N) is 4. The van der Waals surface area contributed by atoms with Gasteiger partial charge in [0.2, 0.25) is 5.91 Å². The summed E-state index contributed by atoms with van der Waals surface area (Å²) in [5.41, 5.74) is 0. The van der Waals surface area contributed by atoms with E-state index in [1.54, 1.807) is 48.0 Å². The van der Waals surface area contributed by atoms with Crippen molar-refractivity contribution in [1.29, 1.82) is 0 Å². The summed E-state index contributed by atoms with van der Waals surface area (Å²) in [6, 6.07) is 6.04. The van der Waals surface area contributed by atoms with Crippen LogP contribution in [0.25, 0.3) is 0 Å². The lowest BCUT2D eigenvalue weighted by atomic mass is 9.95. The zero-order valence-electron chi connectivity index (χ0n) is 15.6. The molecule has 0 saturated carbocycles. The molecule has 2 amide bonds. The van der Waals surface area contributed by atoms with Crippen molar-refractivity contribution in [2.75, 3.05) is 13.7 Å². The lowest BCUT2D eigenvalue weighted by Crippen LogP contribution is -2.68. The molecule has 3 heterocycles. The first-order chi connectivity index (χ1) is 13.4. The summed E-state index contributed by atoms with van der Waals surface area (Å²) in [6.45, 7) is 3.87. The maximum absolute atomic E-state index is 12.7. The number of tetrazole rings is 1. The quantitative estimate of drug-likeness (QED) is 0.668. The normalized spacial score (nSPS) is 25.0. The summed E-state index contributed by atoms with van der Waals surface area (Å²) in [4.78, 5) is 26.7. The van der Waals surface area contributed by atoms with Gasteiger partial charge in [-0.1, -0.05) is 5.21 Å². The molecular formula is C17H20N6O4S. The Morgan fingerprint density at radius 3 is 2.68 bits per heavy atom. The number of H-pyrrole nitrogens is 1. The number of aromatic nitrogens is 4. The SMILES string of the molecule is COc1ccc(OCC(=O)NC2C(=O)N3C(c4nn[nH]n4)C(C)(C)S[C@H]23)cc1. The van der Waals surface area contributed by atoms with Crippen LogP contribution in [0.4, 0.5) is 0 Å². The number of ether oxygens (including phenoxy) is 2. The third-order valence-electron chi connectivity index (χ3n) is 4.79. The third-order valence-corrected chi connectivity index (χ3v) is 6.36. The maximum atomic E-state index is 12.7. The number of carbonyl (C=O) groups excluding carboxylic acids is 2. The molecular weight excluding hydrogens is 384 g/mol. The fourth-order valence-corrected chi connectivity index (χ4v) is 5.12. The second-order valence-electron chi connectivity index (χ2n) is 7.04. The first-order valence-corrected chi connectivity index (χ1v) is 9.58. The van der Waals surface area contributed by atoms with Gasteiger partial charge >= 0.3 is 0 Å². The number of methoxy groups -OCH3 is 1. The monoisotopic (exact) mass is 404 g/mol. The molecule has 2 N–H and O–H groups in total. The zero-order valence-corrected chi connectivity index (χ0v) is 16.4. The highest BCUT2D eigenvalue weighted by molar-refractivity contribution is 8.01. The van der Waals surface area contributed by atoms with E-state index in [9.17, 15) is 9.59 Å². The largest absolute Gasteiger partial charge is 0.497 e. The minimum atomic E-state index is -0.590. The minimum absolute atomic E-state index is 0.157. The second kappa shape index (κ2) is 6.97. The Morgan fingerprint density at radius 2 is 2.04 bits per heavy atom. The molecule has 3 atom stereocenters. The number of rotatable bonds is 6. The number of nitrogens with one attached hydrogen (secondary N) is 2. The topological polar surface area (TPSA) is 122 Å². The molecule has 2 saturated heterocycles. The van der Waals surface area contributed by atoms with Gasteiger partial charge in [0.15, 0.2) is 12.4 Å². The maximum Gasteiger partial charge on any atom is 0.258 e. The van der Waals surface area contributed by atoms with E-state index >= 15 is 0 Å². The Bertz CT molecular complexity index is 872. The molecule has 11 heteroatoms. The van der Waals surface area contributed by atoms with Crippen molar-refractivity contribution in [2.24, 2.45) is 0 Å². The predicted molar refractivity (Wildman–Crippen MR) is 99.6 cm³/mol. The molecule has 2 unspecified atom stereocenters. The van der Waals surface area contributed by atoms with E-state index in [2.05, 4.69) is 25.9 Å². The van der Waals surface area contributed by atoms with Crippen LogP contribution in [-0.4, -0.2) is 67.2 Å². The summed E-state index contributed by atoms with van der Waals surface area (Å²) in [5, 5.41) is 16.7. The number of aromatic amines is 1. The van der Waals surface area contributed by atoms with Crippen molar-refractivity contribution in [3.63, 3.8) is 0 Å². The molecule has 0 aliphatic carbocycles. The second-order valence-corrected chi connectivity index (χ2v) is 8.81. The Hall–Kier alpha value is -2.82. The van der Waals surface area contributed by atoms with Gasteiger partial charge in [0.25, 0.3) is 5.91 Å². The van der Waals surface area contributed by atoms with Crippen molar-refractivity contribution >= 4 is 23.6 Å². The molecule has 2 aliphatic rings. The van der Waals surface area contributed by atoms with Crippen molar-refractivity contribution < 1.29 is 19.1 Å². The van der Waals surface area contributed by atoms with E-state index in [1.165, 1.54) is 0 Å². The van der Waals surface area contributed by atoms with Crippen LogP contribution in [0, 0.1) is 0 Å². The van der Waals surface area contributed by atoms with E-state index in [1.807, 2.05) is 13.8 Å². The summed E-state index contributed by atoms with van der Waals surface area (Å²) in [5.74, 6) is 1.21. The van der Waals surface area contributed by atoms with Gasteiger partial charge in [0, 0.05) is 4.75 Å². The summed E-state index contributed by atoms with van der Waals surface area (Å²) in [7, 11) is 1.58. The minimum Gasteiger partial charge on any atom is -0.497 e. The molecule has 0 bridgehead atoms. The number of carbonyl (C=O) groups is 2. The van der Waals surface area contributed by atoms with Gasteiger partial charge < -0.3 is 19.7 Å². The van der Waals surface area contributed by atoms with Crippen LogP contribution in [0.1, 0.15) is 25.7 Å². The fourth-order valence-electron chi connectivity index (χ4n) is 3.49. The van der Waals surface area contributed by atoms with Gasteiger partial charge in [-0.3, -0.25) is 9.59 Å². The average Bonchev–Trinajstić information content (AvgIpc) is 3.29. The lowest BCUT2D eigenvalue weighted by Gasteiger charge is -2.43. The van der Waals surface area contributed by atoms with Gasteiger partial charge in [0.05, 0.1) is 7.11 Å². The molecule has 2 aliphatic heterocycles. The van der Waals surface area contributed by atoms with Crippen LogP contribution in [0.3, 0.4) is 0 Å². The van der Waals surface area contributed by atoms with Crippen LogP contribution in [-0.2, 0) is 9.59 Å². The van der Waals surface area contributed by atoms with Crippen LogP contribution >= 0.6 is 11.8 Å². The summed E-state index contributed by atoms with van der Waals surface area (Å²) >= 11 is 1.61. The van der Waals surface area contributed by atoms with Crippen LogP contribution in [0.5, 0.6) is 11.5 Å². The Labute approximate surface area is 165 Å². The van der Waals surface area contributed by atoms with E-state index in [-0.39, 0.29) is 34.6 Å². The highest BCUT2D eigenvalue weighted by Crippen LogP contribution is 2.56. The zero-order chi connectivity index (χ0) is 19.9. The molecule has 148 valence electrons. The summed E-state index contributed by atoms with van der Waals surface area (Å²) < 4.78 is 10.2. The van der Waals surface area contributed by atoms with Gasteiger partial charge in [-0.05, 0) is 38.1 Å². The van der Waals surface area contributed by atoms with E-state index in [0.717, 1.165) is 0 Å². The number of amides is 2. The number of fused-ring (bicyclic) bond motifs is 1. The highest BCUT2D eigenvalue weighted by Gasteiger charge is 2.63. The van der Waals surface area contributed by atoms with E-state index in [0.29, 0.717) is 17.3 Å². The van der Waals surface area contributed by atoms with Gasteiger partial charge in [-0.15, -0.1) is 22.0 Å². The van der Waals surface area contributed by atoms with Crippen LogP contribution in [0.15, 0.2) is 24.3 Å². The average molecular weight is 404 g/mol.